The summed E-state index contributed by atoms with van der Waals surface area (Å²) in [6, 6.07) is 0. The molecule has 1 N–H and O–H groups in total. The van der Waals surface area contributed by atoms with Gasteiger partial charge in [0.2, 0.25) is 0 Å². The average molecular weight is 115 g/mol. The Hall–Kier alpha value is -0.370. The highest BCUT2D eigenvalue weighted by atomic mass is 19.1. The van der Waals surface area contributed by atoms with E-state index in [-0.39, 0.29) is 0 Å². The van der Waals surface area contributed by atoms with Gasteiger partial charge >= 0.3 is 0 Å². The zero-order valence-electron chi connectivity index (χ0n) is 4.78. The largest absolute Gasteiger partial charge is 0.316 e. The average Bonchev–Trinajstić information content (AvgIpc) is 1.90. The minimum absolute atomic E-state index is 0.737. The first-order valence-corrected chi connectivity index (χ1v) is 2.92. The Morgan fingerprint density at radius 3 is 2.38 bits per heavy atom. The third-order valence-corrected chi connectivity index (χ3v) is 1.40. The van der Waals surface area contributed by atoms with Crippen molar-refractivity contribution < 1.29 is 4.39 Å². The van der Waals surface area contributed by atoms with Crippen LogP contribution in [0.2, 0.25) is 0 Å². The minimum Gasteiger partial charge on any atom is -0.316 e. The summed E-state index contributed by atoms with van der Waals surface area (Å²) in [6.45, 7) is 1.88. The van der Waals surface area contributed by atoms with E-state index in [2.05, 4.69) is 5.32 Å². The molecule has 0 aromatic heterocycles. The Morgan fingerprint density at radius 2 is 2.00 bits per heavy atom. The van der Waals surface area contributed by atoms with Crippen LogP contribution >= 0.6 is 0 Å². The zero-order valence-corrected chi connectivity index (χ0v) is 4.78. The van der Waals surface area contributed by atoms with E-state index in [0.717, 1.165) is 37.8 Å². The number of halogens is 1. The van der Waals surface area contributed by atoms with Crippen LogP contribution < -0.4 is 5.32 Å². The molecule has 0 atom stereocenters. The molecule has 1 aliphatic rings. The van der Waals surface area contributed by atoms with Crippen molar-refractivity contribution in [2.24, 2.45) is 0 Å². The molecule has 0 aliphatic carbocycles. The molecule has 0 bridgehead atoms. The predicted octanol–water partition coefficient (Wildman–Crippen LogP) is 1.22. The molecular weight excluding hydrogens is 105 g/mol. The molecule has 1 fully saturated rings. The summed E-state index contributed by atoms with van der Waals surface area (Å²) in [5.74, 6) is 0. The van der Waals surface area contributed by atoms with E-state index in [4.69, 9.17) is 0 Å². The maximum Gasteiger partial charge on any atom is 0.0859 e. The molecule has 0 amide bonds. The highest BCUT2D eigenvalue weighted by molar-refractivity contribution is 5.00. The van der Waals surface area contributed by atoms with Crippen LogP contribution in [0.25, 0.3) is 0 Å². The molecule has 1 aliphatic heterocycles. The number of nitrogens with one attached hydrogen (secondary N) is 1. The van der Waals surface area contributed by atoms with Gasteiger partial charge in [0.15, 0.2) is 0 Å². The van der Waals surface area contributed by atoms with Crippen LogP contribution in [0.3, 0.4) is 0 Å². The molecule has 46 valence electrons. The van der Waals surface area contributed by atoms with Crippen LogP contribution in [0.5, 0.6) is 0 Å². The van der Waals surface area contributed by atoms with Gasteiger partial charge in [-0.1, -0.05) is 0 Å². The van der Waals surface area contributed by atoms with E-state index in [1.54, 1.807) is 0 Å². The number of rotatable bonds is 0. The smallest absolute Gasteiger partial charge is 0.0859 e. The van der Waals surface area contributed by atoms with E-state index in [1.807, 2.05) is 0 Å². The van der Waals surface area contributed by atoms with Crippen LogP contribution in [-0.2, 0) is 0 Å². The van der Waals surface area contributed by atoms with E-state index in [0.29, 0.717) is 0 Å². The summed E-state index contributed by atoms with van der Waals surface area (Å²) in [5, 5.41) is 3.14. The minimum atomic E-state index is 0.737. The molecular formula is C6H10FN. The first kappa shape index (κ1) is 5.76. The molecule has 0 spiro atoms. The second kappa shape index (κ2) is 2.82. The predicted molar refractivity (Wildman–Crippen MR) is 31.3 cm³/mol. The van der Waals surface area contributed by atoms with E-state index < -0.39 is 0 Å². The maximum atomic E-state index is 11.7. The van der Waals surface area contributed by atoms with E-state index >= 15 is 0 Å². The first-order chi connectivity index (χ1) is 3.93. The van der Waals surface area contributed by atoms with Gasteiger partial charge in [-0.3, -0.25) is 0 Å². The quantitative estimate of drug-likeness (QED) is 0.500. The van der Waals surface area contributed by atoms with Gasteiger partial charge in [-0.25, -0.2) is 4.39 Å². The Labute approximate surface area is 48.6 Å². The second-order valence-corrected chi connectivity index (χ2v) is 2.02. The molecule has 8 heavy (non-hydrogen) atoms. The first-order valence-electron chi connectivity index (χ1n) is 2.92. The number of piperidine rings is 1. The van der Waals surface area contributed by atoms with Crippen LogP contribution in [0.1, 0.15) is 12.8 Å². The molecule has 0 unspecified atom stereocenters. The summed E-state index contributed by atoms with van der Waals surface area (Å²) in [7, 11) is 0. The number of hydrogen-bond acceptors (Lipinski definition) is 1. The fourth-order valence-electron chi connectivity index (χ4n) is 0.857. The normalized spacial score (nSPS) is 20.9. The highest BCUT2D eigenvalue weighted by Gasteiger charge is 2.02. The lowest BCUT2D eigenvalue weighted by atomic mass is 10.1. The Bertz CT molecular complexity index is 90.7. The van der Waals surface area contributed by atoms with Crippen molar-refractivity contribution in [2.45, 2.75) is 12.8 Å². The van der Waals surface area contributed by atoms with Gasteiger partial charge < -0.3 is 5.32 Å². The van der Waals surface area contributed by atoms with Crippen molar-refractivity contribution in [1.29, 1.82) is 0 Å². The van der Waals surface area contributed by atoms with Crippen LogP contribution in [-0.4, -0.2) is 13.1 Å². The van der Waals surface area contributed by atoms with Crippen molar-refractivity contribution in [2.75, 3.05) is 13.1 Å². The second-order valence-electron chi connectivity index (χ2n) is 2.02. The molecule has 0 saturated carbocycles. The van der Waals surface area contributed by atoms with Crippen molar-refractivity contribution >= 4 is 0 Å². The third kappa shape index (κ3) is 1.30. The zero-order chi connectivity index (χ0) is 5.82. The molecule has 0 radical (unpaired) electrons. The van der Waals surface area contributed by atoms with Crippen molar-refractivity contribution in [3.63, 3.8) is 0 Å². The lowest BCUT2D eigenvalue weighted by Crippen LogP contribution is -2.22. The maximum absolute atomic E-state index is 11.7. The van der Waals surface area contributed by atoms with Crippen LogP contribution in [0, 0.1) is 0 Å². The van der Waals surface area contributed by atoms with E-state index in [9.17, 15) is 4.39 Å². The summed E-state index contributed by atoms with van der Waals surface area (Å²) in [4.78, 5) is 0. The Kier molecular flexibility index (Phi) is 2.03. The van der Waals surface area contributed by atoms with Gasteiger partial charge in [-0.15, -0.1) is 0 Å². The van der Waals surface area contributed by atoms with Gasteiger partial charge in [0.25, 0.3) is 0 Å². The summed E-state index contributed by atoms with van der Waals surface area (Å²) in [6.07, 6.45) is 2.51. The van der Waals surface area contributed by atoms with Gasteiger partial charge in [0, 0.05) is 0 Å². The van der Waals surface area contributed by atoms with Crippen molar-refractivity contribution in [1.82, 2.24) is 5.32 Å². The van der Waals surface area contributed by atoms with E-state index in [1.165, 1.54) is 0 Å². The molecule has 0 aromatic carbocycles. The molecule has 1 rings (SSSR count). The molecule has 1 saturated heterocycles. The summed E-state index contributed by atoms with van der Waals surface area (Å²) < 4.78 is 11.7. The highest BCUT2D eigenvalue weighted by Crippen LogP contribution is 2.08. The standard InChI is InChI=1S/C6H10FN/c7-5-6-1-3-8-4-2-6/h5,8H,1-4H2. The van der Waals surface area contributed by atoms with Crippen LogP contribution in [0.15, 0.2) is 11.9 Å². The Morgan fingerprint density at radius 1 is 1.38 bits per heavy atom. The molecule has 1 heterocycles. The lowest BCUT2D eigenvalue weighted by Gasteiger charge is -2.12. The summed E-state index contributed by atoms with van der Waals surface area (Å²) >= 11 is 0. The monoisotopic (exact) mass is 115 g/mol. The molecule has 2 heteroatoms. The SMILES string of the molecule is FC=C1CCNCC1. The van der Waals surface area contributed by atoms with Crippen LogP contribution in [0.4, 0.5) is 4.39 Å². The van der Waals surface area contributed by atoms with Crippen molar-refractivity contribution in [3.8, 4) is 0 Å². The van der Waals surface area contributed by atoms with Gasteiger partial charge in [0.05, 0.1) is 6.33 Å². The lowest BCUT2D eigenvalue weighted by molar-refractivity contribution is 0.585. The topological polar surface area (TPSA) is 12.0 Å². The summed E-state index contributed by atoms with van der Waals surface area (Å²) in [5.41, 5.74) is 0.948. The number of hydrogen-bond donors (Lipinski definition) is 1. The Balaban J connectivity index is 2.33. The molecule has 1 nitrogen and oxygen atoms in total. The van der Waals surface area contributed by atoms with Gasteiger partial charge in [-0.2, -0.15) is 0 Å². The fourth-order valence-corrected chi connectivity index (χ4v) is 0.857. The van der Waals surface area contributed by atoms with Crippen molar-refractivity contribution in [3.05, 3.63) is 11.9 Å². The molecule has 0 aromatic rings. The fraction of sp³-hybridized carbons (Fsp3) is 0.667. The van der Waals surface area contributed by atoms with Gasteiger partial charge in [-0.05, 0) is 31.5 Å². The van der Waals surface area contributed by atoms with Gasteiger partial charge in [0.1, 0.15) is 0 Å². The third-order valence-electron chi connectivity index (χ3n) is 1.40.